The summed E-state index contributed by atoms with van der Waals surface area (Å²) >= 11 is 0. The third-order valence-electron chi connectivity index (χ3n) is 4.93. The lowest BCUT2D eigenvalue weighted by Crippen LogP contribution is -2.66. The summed E-state index contributed by atoms with van der Waals surface area (Å²) in [5.41, 5.74) is 0.699. The highest BCUT2D eigenvalue weighted by Crippen LogP contribution is 2.30. The maximum Gasteiger partial charge on any atom is 0.0304 e. The number of hydrogen-bond acceptors (Lipinski definition) is 2. The fourth-order valence-corrected chi connectivity index (χ4v) is 2.78. The monoisotopic (exact) mass is 240 g/mol. The van der Waals surface area contributed by atoms with E-state index in [2.05, 4.69) is 58.7 Å². The second kappa shape index (κ2) is 5.27. The van der Waals surface area contributed by atoms with Crippen molar-refractivity contribution in [3.63, 3.8) is 0 Å². The molecular formula is C15H32N2. The molecule has 1 rings (SSSR count). The molecule has 0 aromatic rings. The molecule has 17 heavy (non-hydrogen) atoms. The number of nitrogens with zero attached hydrogens (tertiary/aromatic N) is 1. The van der Waals surface area contributed by atoms with E-state index in [1.807, 2.05) is 0 Å². The van der Waals surface area contributed by atoms with E-state index in [1.165, 1.54) is 19.4 Å². The highest BCUT2D eigenvalue weighted by atomic mass is 15.3. The average molecular weight is 240 g/mol. The van der Waals surface area contributed by atoms with Crippen LogP contribution in [0.2, 0.25) is 0 Å². The van der Waals surface area contributed by atoms with Crippen molar-refractivity contribution in [2.24, 2.45) is 5.41 Å². The van der Waals surface area contributed by atoms with Gasteiger partial charge in [-0.15, -0.1) is 0 Å². The molecular weight excluding hydrogens is 208 g/mol. The lowest BCUT2D eigenvalue weighted by Gasteiger charge is -2.51. The van der Waals surface area contributed by atoms with E-state index in [-0.39, 0.29) is 0 Å². The topological polar surface area (TPSA) is 15.3 Å². The summed E-state index contributed by atoms with van der Waals surface area (Å²) in [4.78, 5) is 2.71. The van der Waals surface area contributed by atoms with E-state index < -0.39 is 0 Å². The molecule has 0 saturated carbocycles. The molecule has 0 amide bonds. The van der Waals surface area contributed by atoms with Gasteiger partial charge in [0.25, 0.3) is 0 Å². The molecule has 0 radical (unpaired) electrons. The van der Waals surface area contributed by atoms with Crippen LogP contribution >= 0.6 is 0 Å². The van der Waals surface area contributed by atoms with Gasteiger partial charge in [0, 0.05) is 30.7 Å². The van der Waals surface area contributed by atoms with Crippen molar-refractivity contribution >= 4 is 0 Å². The number of rotatable bonds is 3. The van der Waals surface area contributed by atoms with E-state index >= 15 is 0 Å². The Morgan fingerprint density at radius 2 is 1.82 bits per heavy atom. The molecule has 2 unspecified atom stereocenters. The number of piperazine rings is 1. The first-order valence-electron chi connectivity index (χ1n) is 7.26. The van der Waals surface area contributed by atoms with Crippen LogP contribution in [0.15, 0.2) is 0 Å². The molecule has 0 aromatic heterocycles. The van der Waals surface area contributed by atoms with Gasteiger partial charge in [-0.25, -0.2) is 0 Å². The molecule has 1 N–H and O–H groups in total. The molecule has 102 valence electrons. The summed E-state index contributed by atoms with van der Waals surface area (Å²) in [6.45, 7) is 18.7. The highest BCUT2D eigenvalue weighted by molar-refractivity contribution is 4.98. The van der Waals surface area contributed by atoms with Gasteiger partial charge in [-0.2, -0.15) is 0 Å². The summed E-state index contributed by atoms with van der Waals surface area (Å²) in [6, 6.07) is 1.28. The third-order valence-corrected chi connectivity index (χ3v) is 4.93. The Labute approximate surface area is 108 Å². The minimum atomic E-state index is 0.339. The zero-order chi connectivity index (χ0) is 13.3. The number of hydrogen-bond donors (Lipinski definition) is 1. The fourth-order valence-electron chi connectivity index (χ4n) is 2.78. The van der Waals surface area contributed by atoms with Crippen molar-refractivity contribution in [3.8, 4) is 0 Å². The first kappa shape index (κ1) is 15.0. The van der Waals surface area contributed by atoms with E-state index in [1.54, 1.807) is 0 Å². The van der Waals surface area contributed by atoms with Crippen LogP contribution < -0.4 is 5.32 Å². The van der Waals surface area contributed by atoms with Crippen LogP contribution in [0.3, 0.4) is 0 Å². The standard InChI is InChI=1S/C15H32N2/c1-8-15(9-2)11-17(12(3)10-16-15)13(4)14(5,6)7/h12-13,16H,8-11H2,1-7H3. The Bertz CT molecular complexity index is 238. The fraction of sp³-hybridized carbons (Fsp3) is 1.00. The van der Waals surface area contributed by atoms with E-state index in [0.717, 1.165) is 6.54 Å². The Kier molecular flexibility index (Phi) is 4.65. The van der Waals surface area contributed by atoms with Gasteiger partial charge in [0.2, 0.25) is 0 Å². The van der Waals surface area contributed by atoms with Crippen LogP contribution in [0.5, 0.6) is 0 Å². The molecule has 2 heteroatoms. The largest absolute Gasteiger partial charge is 0.308 e. The lowest BCUT2D eigenvalue weighted by atomic mass is 9.82. The van der Waals surface area contributed by atoms with Gasteiger partial charge < -0.3 is 5.32 Å². The Balaban J connectivity index is 2.83. The predicted molar refractivity (Wildman–Crippen MR) is 76.4 cm³/mol. The molecule has 1 heterocycles. The van der Waals surface area contributed by atoms with Crippen LogP contribution in [-0.2, 0) is 0 Å². The molecule has 0 aliphatic carbocycles. The van der Waals surface area contributed by atoms with E-state index in [4.69, 9.17) is 0 Å². The molecule has 1 fully saturated rings. The Morgan fingerprint density at radius 1 is 1.29 bits per heavy atom. The van der Waals surface area contributed by atoms with Gasteiger partial charge in [0.05, 0.1) is 0 Å². The number of nitrogens with one attached hydrogen (secondary N) is 1. The van der Waals surface area contributed by atoms with Crippen LogP contribution in [0, 0.1) is 5.41 Å². The molecule has 1 saturated heterocycles. The van der Waals surface area contributed by atoms with Crippen LogP contribution in [0.25, 0.3) is 0 Å². The van der Waals surface area contributed by atoms with Crippen LogP contribution in [0.4, 0.5) is 0 Å². The van der Waals surface area contributed by atoms with Crippen molar-refractivity contribution in [3.05, 3.63) is 0 Å². The molecule has 1 aliphatic heterocycles. The van der Waals surface area contributed by atoms with Gasteiger partial charge in [0.15, 0.2) is 0 Å². The minimum absolute atomic E-state index is 0.339. The third kappa shape index (κ3) is 3.23. The SMILES string of the molecule is CCC1(CC)CN(C(C)C(C)(C)C)C(C)CN1. The van der Waals surface area contributed by atoms with Crippen molar-refractivity contribution in [2.75, 3.05) is 13.1 Å². The van der Waals surface area contributed by atoms with Gasteiger partial charge in [0.1, 0.15) is 0 Å². The summed E-state index contributed by atoms with van der Waals surface area (Å²) in [5, 5.41) is 3.78. The Hall–Kier alpha value is -0.0800. The summed E-state index contributed by atoms with van der Waals surface area (Å²) in [5.74, 6) is 0. The zero-order valence-corrected chi connectivity index (χ0v) is 12.9. The van der Waals surface area contributed by atoms with Crippen molar-refractivity contribution in [2.45, 2.75) is 78.9 Å². The normalized spacial score (nSPS) is 28.1. The van der Waals surface area contributed by atoms with Crippen molar-refractivity contribution in [1.82, 2.24) is 10.2 Å². The summed E-state index contributed by atoms with van der Waals surface area (Å²) in [6.07, 6.45) is 2.45. The van der Waals surface area contributed by atoms with Gasteiger partial charge in [-0.3, -0.25) is 4.90 Å². The zero-order valence-electron chi connectivity index (χ0n) is 12.9. The maximum atomic E-state index is 3.78. The maximum absolute atomic E-state index is 3.78. The Morgan fingerprint density at radius 3 is 2.24 bits per heavy atom. The van der Waals surface area contributed by atoms with Crippen molar-refractivity contribution in [1.29, 1.82) is 0 Å². The first-order valence-corrected chi connectivity index (χ1v) is 7.26. The quantitative estimate of drug-likeness (QED) is 0.814. The molecule has 1 aliphatic rings. The minimum Gasteiger partial charge on any atom is -0.308 e. The lowest BCUT2D eigenvalue weighted by molar-refractivity contribution is 0.00999. The molecule has 0 spiro atoms. The summed E-state index contributed by atoms with van der Waals surface area (Å²) in [7, 11) is 0. The van der Waals surface area contributed by atoms with Crippen molar-refractivity contribution < 1.29 is 0 Å². The summed E-state index contributed by atoms with van der Waals surface area (Å²) < 4.78 is 0. The first-order chi connectivity index (χ1) is 7.75. The van der Waals surface area contributed by atoms with E-state index in [9.17, 15) is 0 Å². The smallest absolute Gasteiger partial charge is 0.0304 e. The molecule has 0 aromatic carbocycles. The highest BCUT2D eigenvalue weighted by Gasteiger charge is 2.39. The average Bonchev–Trinajstić information content (AvgIpc) is 2.28. The molecule has 2 atom stereocenters. The molecule has 0 bridgehead atoms. The molecule has 2 nitrogen and oxygen atoms in total. The predicted octanol–water partition coefficient (Wildman–Crippen LogP) is 3.27. The second-order valence-electron chi connectivity index (χ2n) is 6.93. The van der Waals surface area contributed by atoms with Gasteiger partial charge in [-0.1, -0.05) is 34.6 Å². The van der Waals surface area contributed by atoms with Gasteiger partial charge in [-0.05, 0) is 32.1 Å². The van der Waals surface area contributed by atoms with E-state index in [0.29, 0.717) is 23.0 Å². The second-order valence-corrected chi connectivity index (χ2v) is 6.93. The van der Waals surface area contributed by atoms with Gasteiger partial charge >= 0.3 is 0 Å². The van der Waals surface area contributed by atoms with Crippen LogP contribution in [-0.4, -0.2) is 35.6 Å². The van der Waals surface area contributed by atoms with Crippen LogP contribution in [0.1, 0.15) is 61.3 Å².